The molecule has 0 saturated carbocycles. The van der Waals surface area contributed by atoms with Gasteiger partial charge in [0.15, 0.2) is 0 Å². The number of hydrogen-bond donors (Lipinski definition) is 0. The predicted octanol–water partition coefficient (Wildman–Crippen LogP) is 8.21. The second-order valence-electron chi connectivity index (χ2n) is 10.7. The van der Waals surface area contributed by atoms with Gasteiger partial charge >= 0.3 is 7.12 Å². The molecule has 180 valence electrons. The lowest BCUT2D eigenvalue weighted by Crippen LogP contribution is -2.47. The van der Waals surface area contributed by atoms with Gasteiger partial charge in [-0.2, -0.15) is 0 Å². The van der Waals surface area contributed by atoms with Gasteiger partial charge in [-0.25, -0.2) is 0 Å². The van der Waals surface area contributed by atoms with Gasteiger partial charge in [0.05, 0.1) is 22.2 Å². The highest BCUT2D eigenvalue weighted by Crippen LogP contribution is 2.51. The zero-order valence-electron chi connectivity index (χ0n) is 21.0. The van der Waals surface area contributed by atoms with Crippen molar-refractivity contribution >= 4 is 62.1 Å². The maximum absolute atomic E-state index is 2.54. The summed E-state index contributed by atoms with van der Waals surface area (Å²) in [4.78, 5) is 2.54. The summed E-state index contributed by atoms with van der Waals surface area (Å²) in [7, 11) is 0.00991. The van der Waals surface area contributed by atoms with Crippen LogP contribution in [0.3, 0.4) is 0 Å². The fourth-order valence-electron chi connectivity index (χ4n) is 7.31. The molecule has 5 heteroatoms. The fourth-order valence-corrected chi connectivity index (χ4v) is 7.31. The average Bonchev–Trinajstić information content (AvgIpc) is 3.75. The molecule has 5 aromatic carbocycles. The first-order valence-corrected chi connectivity index (χ1v) is 13.5. The number of anilines is 2. The van der Waals surface area contributed by atoms with E-state index in [4.69, 9.17) is 0 Å². The number of aromatic nitrogens is 3. The largest absolute Gasteiger partial charge is 0.518 e. The monoisotopic (exact) mass is 496 g/mol. The standard InChI is InChI=1S/C34H21BN4/c1-5-14-29-23(10-1)24-11-2-6-15-30(24)37(29)22-20-27-25-12-3-7-16-31(25)39-34(27)33(21-22)38-32-17-8-4-13-26(32)28-18-9-19-36(28)35(38)39/h1-21H. The van der Waals surface area contributed by atoms with Gasteiger partial charge in [-0.05, 0) is 54.7 Å². The Kier molecular flexibility index (Phi) is 3.48. The molecule has 2 aliphatic rings. The van der Waals surface area contributed by atoms with Gasteiger partial charge in [-0.1, -0.05) is 72.8 Å². The molecule has 8 aromatic rings. The molecule has 10 rings (SSSR count). The van der Waals surface area contributed by atoms with Crippen molar-refractivity contribution in [1.29, 1.82) is 0 Å². The van der Waals surface area contributed by atoms with Gasteiger partial charge in [0.2, 0.25) is 0 Å². The lowest BCUT2D eigenvalue weighted by atomic mass is 9.83. The van der Waals surface area contributed by atoms with E-state index in [0.29, 0.717) is 0 Å². The van der Waals surface area contributed by atoms with E-state index in [2.05, 4.69) is 146 Å². The molecule has 2 aliphatic heterocycles. The van der Waals surface area contributed by atoms with Crippen LogP contribution in [0.1, 0.15) is 0 Å². The summed E-state index contributed by atoms with van der Waals surface area (Å²) in [6.45, 7) is 0. The minimum absolute atomic E-state index is 0.00991. The van der Waals surface area contributed by atoms with Crippen LogP contribution in [0.15, 0.2) is 128 Å². The number of hydrogen-bond acceptors (Lipinski definition) is 1. The number of benzene rings is 5. The topological polar surface area (TPSA) is 18.0 Å². The predicted molar refractivity (Wildman–Crippen MR) is 162 cm³/mol. The van der Waals surface area contributed by atoms with E-state index in [1.165, 1.54) is 71.9 Å². The molecule has 0 fully saturated rings. The minimum Gasteiger partial charge on any atom is -0.351 e. The summed E-state index contributed by atoms with van der Waals surface area (Å²) in [5.41, 5.74) is 11.2. The van der Waals surface area contributed by atoms with Crippen LogP contribution in [0.4, 0.5) is 11.4 Å². The molecule has 0 bridgehead atoms. The molecule has 5 heterocycles. The normalized spacial score (nSPS) is 13.5. The number of nitrogens with zero attached hydrogens (tertiary/aromatic N) is 4. The van der Waals surface area contributed by atoms with Gasteiger partial charge in [-0.15, -0.1) is 0 Å². The van der Waals surface area contributed by atoms with Crippen molar-refractivity contribution in [2.75, 3.05) is 4.81 Å². The summed E-state index contributed by atoms with van der Waals surface area (Å²) in [6.07, 6.45) is 2.23. The van der Waals surface area contributed by atoms with Gasteiger partial charge in [0.25, 0.3) is 0 Å². The van der Waals surface area contributed by atoms with Crippen LogP contribution in [0, 0.1) is 0 Å². The molecular formula is C34H21BN4. The molecule has 0 atom stereocenters. The molecule has 3 aromatic heterocycles. The van der Waals surface area contributed by atoms with E-state index < -0.39 is 0 Å². The van der Waals surface area contributed by atoms with Gasteiger partial charge < -0.3 is 18.3 Å². The van der Waals surface area contributed by atoms with Crippen molar-refractivity contribution in [2.45, 2.75) is 0 Å². The molecule has 39 heavy (non-hydrogen) atoms. The van der Waals surface area contributed by atoms with Crippen LogP contribution < -0.4 is 4.81 Å². The summed E-state index contributed by atoms with van der Waals surface area (Å²) in [5.74, 6) is 0. The number of rotatable bonds is 1. The SMILES string of the molecule is c1ccc2c(c1)-c1cccn1B1N2c2cc(-n3c4ccccc4c4ccccc43)cc3c4ccccc4n1c23. The highest BCUT2D eigenvalue weighted by Gasteiger charge is 2.45. The van der Waals surface area contributed by atoms with Crippen LogP contribution in [0.25, 0.3) is 60.6 Å². The molecule has 0 aliphatic carbocycles. The van der Waals surface area contributed by atoms with Gasteiger partial charge in [0, 0.05) is 49.7 Å². The Morgan fingerprint density at radius 2 is 1.15 bits per heavy atom. The smallest absolute Gasteiger partial charge is 0.351 e. The van der Waals surface area contributed by atoms with Crippen molar-refractivity contribution in [3.8, 4) is 16.9 Å². The Morgan fingerprint density at radius 1 is 0.513 bits per heavy atom. The lowest BCUT2D eigenvalue weighted by molar-refractivity contribution is 1.08. The fraction of sp³-hybridized carbons (Fsp3) is 0. The van der Waals surface area contributed by atoms with Crippen molar-refractivity contribution in [3.63, 3.8) is 0 Å². The van der Waals surface area contributed by atoms with E-state index in [1.54, 1.807) is 0 Å². The van der Waals surface area contributed by atoms with Crippen LogP contribution >= 0.6 is 0 Å². The Bertz CT molecular complexity index is 2260. The summed E-state index contributed by atoms with van der Waals surface area (Å²) in [6, 6.07) is 44.4. The number of para-hydroxylation sites is 4. The Balaban J connectivity index is 1.38. The first-order valence-electron chi connectivity index (χ1n) is 13.5. The quantitative estimate of drug-likeness (QED) is 0.210. The van der Waals surface area contributed by atoms with E-state index in [0.717, 1.165) is 0 Å². The molecule has 0 saturated heterocycles. The highest BCUT2D eigenvalue weighted by molar-refractivity contribution is 6.68. The number of fused-ring (bicyclic) bond motifs is 14. The third kappa shape index (κ3) is 2.29. The lowest BCUT2D eigenvalue weighted by Gasteiger charge is -2.34. The summed E-state index contributed by atoms with van der Waals surface area (Å²) >= 11 is 0. The van der Waals surface area contributed by atoms with E-state index in [9.17, 15) is 0 Å². The van der Waals surface area contributed by atoms with Crippen LogP contribution in [0.5, 0.6) is 0 Å². The van der Waals surface area contributed by atoms with Gasteiger partial charge in [0.1, 0.15) is 0 Å². The van der Waals surface area contributed by atoms with E-state index in [-0.39, 0.29) is 7.12 Å². The van der Waals surface area contributed by atoms with Gasteiger partial charge in [-0.3, -0.25) is 0 Å². The summed E-state index contributed by atoms with van der Waals surface area (Å²) < 4.78 is 7.40. The van der Waals surface area contributed by atoms with Crippen molar-refractivity contribution in [1.82, 2.24) is 13.5 Å². The van der Waals surface area contributed by atoms with E-state index >= 15 is 0 Å². The average molecular weight is 496 g/mol. The van der Waals surface area contributed by atoms with Crippen LogP contribution in [-0.4, -0.2) is 20.6 Å². The molecule has 0 unspecified atom stereocenters. The van der Waals surface area contributed by atoms with E-state index in [1.807, 2.05) is 0 Å². The Morgan fingerprint density at radius 3 is 1.92 bits per heavy atom. The maximum atomic E-state index is 2.54. The maximum Gasteiger partial charge on any atom is 0.518 e. The second-order valence-corrected chi connectivity index (χ2v) is 10.7. The Hall–Kier alpha value is -5.16. The molecule has 0 spiro atoms. The van der Waals surface area contributed by atoms with Crippen LogP contribution in [0.2, 0.25) is 0 Å². The third-order valence-corrected chi connectivity index (χ3v) is 8.80. The summed E-state index contributed by atoms with van der Waals surface area (Å²) in [5, 5.41) is 5.15. The molecule has 0 amide bonds. The van der Waals surface area contributed by atoms with Crippen LogP contribution in [-0.2, 0) is 0 Å². The van der Waals surface area contributed by atoms with Crippen molar-refractivity contribution in [2.24, 2.45) is 0 Å². The zero-order valence-corrected chi connectivity index (χ0v) is 21.0. The highest BCUT2D eigenvalue weighted by atomic mass is 15.3. The molecule has 0 radical (unpaired) electrons. The molecular weight excluding hydrogens is 475 g/mol. The Labute approximate surface area is 224 Å². The minimum atomic E-state index is 0.00991. The zero-order chi connectivity index (χ0) is 25.2. The van der Waals surface area contributed by atoms with Crippen molar-refractivity contribution < 1.29 is 0 Å². The first kappa shape index (κ1) is 19.9. The second kappa shape index (κ2) is 6.83. The first-order chi connectivity index (χ1) is 19.4. The molecule has 4 nitrogen and oxygen atoms in total. The molecule has 0 N–H and O–H groups in total. The van der Waals surface area contributed by atoms with Crippen molar-refractivity contribution in [3.05, 3.63) is 128 Å². The third-order valence-electron chi connectivity index (χ3n) is 8.80.